The van der Waals surface area contributed by atoms with Gasteiger partial charge in [0.1, 0.15) is 11.1 Å². The van der Waals surface area contributed by atoms with Crippen LogP contribution in [0.4, 0.5) is 10.1 Å². The van der Waals surface area contributed by atoms with Gasteiger partial charge in [-0.2, -0.15) is 0 Å². The Hall–Kier alpha value is -2.13. The van der Waals surface area contributed by atoms with E-state index in [1.165, 1.54) is 12.1 Å². The number of hydrogen-bond acceptors (Lipinski definition) is 6. The molecule has 1 aromatic rings. The fourth-order valence-corrected chi connectivity index (χ4v) is 5.76. The molecule has 31 heavy (non-hydrogen) atoms. The highest BCUT2D eigenvalue weighted by atomic mass is 35.5. The van der Waals surface area contributed by atoms with Crippen LogP contribution in [0.5, 0.6) is 0 Å². The van der Waals surface area contributed by atoms with Crippen LogP contribution in [0.2, 0.25) is 5.02 Å². The monoisotopic (exact) mass is 473 g/mol. The molecule has 3 rings (SSSR count). The number of esters is 2. The minimum atomic E-state index is -4.06. The predicted octanol–water partition coefficient (Wildman–Crippen LogP) is 4.32. The molecular formula is C21H25ClFNO6S. The van der Waals surface area contributed by atoms with Crippen LogP contribution in [0, 0.1) is 11.7 Å². The Balaban J connectivity index is 1.61. The van der Waals surface area contributed by atoms with E-state index in [-0.39, 0.29) is 28.6 Å². The molecule has 2 aliphatic rings. The minimum absolute atomic E-state index is 0.0165. The highest BCUT2D eigenvalue weighted by Gasteiger charge is 2.36. The second-order valence-corrected chi connectivity index (χ2v) is 9.97. The Kier molecular flexibility index (Phi) is 7.94. The van der Waals surface area contributed by atoms with Crippen molar-refractivity contribution in [1.29, 1.82) is 0 Å². The van der Waals surface area contributed by atoms with Crippen LogP contribution < -0.4 is 4.72 Å². The van der Waals surface area contributed by atoms with Crippen molar-refractivity contribution in [3.8, 4) is 0 Å². The highest BCUT2D eigenvalue weighted by Crippen LogP contribution is 2.30. The van der Waals surface area contributed by atoms with E-state index < -0.39 is 39.8 Å². The lowest BCUT2D eigenvalue weighted by Crippen LogP contribution is -2.35. The molecule has 10 heteroatoms. The molecule has 0 bridgehead atoms. The highest BCUT2D eigenvalue weighted by molar-refractivity contribution is 7.93. The number of rotatable bonds is 7. The smallest absolute Gasteiger partial charge is 0.337 e. The molecule has 1 aromatic carbocycles. The van der Waals surface area contributed by atoms with Gasteiger partial charge in [-0.15, -0.1) is 0 Å². The molecule has 1 fully saturated rings. The molecule has 7 nitrogen and oxygen atoms in total. The Labute approximate surface area is 186 Å². The van der Waals surface area contributed by atoms with Crippen molar-refractivity contribution >= 4 is 39.3 Å². The molecule has 0 heterocycles. The molecule has 0 aliphatic heterocycles. The van der Waals surface area contributed by atoms with Gasteiger partial charge in [0.25, 0.3) is 0 Å². The molecule has 170 valence electrons. The summed E-state index contributed by atoms with van der Waals surface area (Å²) < 4.78 is 51.4. The Morgan fingerprint density at radius 2 is 1.84 bits per heavy atom. The summed E-state index contributed by atoms with van der Waals surface area (Å²) in [6, 6.07) is 3.28. The maximum atomic E-state index is 13.2. The quantitative estimate of drug-likeness (QED) is 0.467. The van der Waals surface area contributed by atoms with Crippen molar-refractivity contribution in [2.75, 3.05) is 11.5 Å². The summed E-state index contributed by atoms with van der Waals surface area (Å²) in [6.07, 6.45) is 7.37. The van der Waals surface area contributed by atoms with Crippen molar-refractivity contribution < 1.29 is 31.9 Å². The second-order valence-electron chi connectivity index (χ2n) is 7.70. The normalized spacial score (nSPS) is 19.9. The van der Waals surface area contributed by atoms with Crippen LogP contribution in [0.15, 0.2) is 29.8 Å². The molecular weight excluding hydrogens is 449 g/mol. The maximum absolute atomic E-state index is 13.2. The summed E-state index contributed by atoms with van der Waals surface area (Å²) in [5.74, 6) is -2.03. The van der Waals surface area contributed by atoms with Gasteiger partial charge in [0.05, 0.1) is 22.2 Å². The molecule has 1 unspecified atom stereocenters. The van der Waals surface area contributed by atoms with E-state index in [2.05, 4.69) is 4.72 Å². The largest absolute Gasteiger partial charge is 0.428 e. The van der Waals surface area contributed by atoms with Gasteiger partial charge in [0, 0.05) is 0 Å². The van der Waals surface area contributed by atoms with Crippen LogP contribution in [-0.4, -0.2) is 32.4 Å². The Morgan fingerprint density at radius 1 is 1.10 bits per heavy atom. The molecule has 1 N–H and O–H groups in total. The number of carbonyl (C=O) groups is 2. The number of hydrogen-bond donors (Lipinski definition) is 1. The Morgan fingerprint density at radius 3 is 2.55 bits per heavy atom. The van der Waals surface area contributed by atoms with Crippen LogP contribution in [0.3, 0.4) is 0 Å². The number of anilines is 1. The van der Waals surface area contributed by atoms with E-state index >= 15 is 0 Å². The fraction of sp³-hybridized carbons (Fsp3) is 0.524. The van der Waals surface area contributed by atoms with Crippen LogP contribution in [0.25, 0.3) is 0 Å². The van der Waals surface area contributed by atoms with Gasteiger partial charge in [0.2, 0.25) is 16.8 Å². The van der Waals surface area contributed by atoms with Crippen molar-refractivity contribution in [3.63, 3.8) is 0 Å². The minimum Gasteiger partial charge on any atom is -0.428 e. The van der Waals surface area contributed by atoms with Crippen LogP contribution in [0.1, 0.15) is 51.4 Å². The molecule has 0 spiro atoms. The average molecular weight is 474 g/mol. The summed E-state index contributed by atoms with van der Waals surface area (Å²) in [5.41, 5.74) is -0.00605. The zero-order chi connectivity index (χ0) is 22.4. The molecule has 1 saturated carbocycles. The number of allylic oxidation sites excluding steroid dienone is 1. The van der Waals surface area contributed by atoms with Gasteiger partial charge in [-0.25, -0.2) is 17.6 Å². The van der Waals surface area contributed by atoms with E-state index in [1.54, 1.807) is 0 Å². The third-order valence-electron chi connectivity index (χ3n) is 5.50. The first-order valence-electron chi connectivity index (χ1n) is 10.3. The number of benzene rings is 1. The van der Waals surface area contributed by atoms with Gasteiger partial charge in [0.15, 0.2) is 0 Å². The standard InChI is InChI=1S/C21H25ClFNO6S/c22-17-12-15(23)10-11-18(17)24-31(27,28)19-9-5-4-8-16(19)21(26)30-13-29-20(25)14-6-2-1-3-7-14/h8,10-12,14,19,24H,1-7,9,13H2. The van der Waals surface area contributed by atoms with Crippen LogP contribution >= 0.6 is 11.6 Å². The van der Waals surface area contributed by atoms with Gasteiger partial charge >= 0.3 is 11.9 Å². The van der Waals surface area contributed by atoms with Crippen LogP contribution in [-0.2, 0) is 29.1 Å². The summed E-state index contributed by atoms with van der Waals surface area (Å²) in [5, 5.41) is -1.26. The third-order valence-corrected chi connectivity index (χ3v) is 7.56. The molecule has 0 amide bonds. The molecule has 1 atom stereocenters. The van der Waals surface area contributed by atoms with E-state index in [1.807, 2.05) is 0 Å². The molecule has 0 radical (unpaired) electrons. The lowest BCUT2D eigenvalue weighted by atomic mass is 9.89. The first-order chi connectivity index (χ1) is 14.8. The zero-order valence-corrected chi connectivity index (χ0v) is 18.5. The van der Waals surface area contributed by atoms with E-state index in [0.717, 1.165) is 44.2 Å². The van der Waals surface area contributed by atoms with E-state index in [4.69, 9.17) is 21.1 Å². The zero-order valence-electron chi connectivity index (χ0n) is 16.9. The maximum Gasteiger partial charge on any atom is 0.337 e. The van der Waals surface area contributed by atoms with Crippen molar-refractivity contribution in [2.24, 2.45) is 5.92 Å². The summed E-state index contributed by atoms with van der Waals surface area (Å²) in [4.78, 5) is 24.6. The van der Waals surface area contributed by atoms with Crippen molar-refractivity contribution in [1.82, 2.24) is 0 Å². The predicted molar refractivity (Wildman–Crippen MR) is 113 cm³/mol. The molecule has 0 saturated heterocycles. The van der Waals surface area contributed by atoms with Gasteiger partial charge in [-0.1, -0.05) is 36.9 Å². The third kappa shape index (κ3) is 6.20. The molecule has 2 aliphatic carbocycles. The topological polar surface area (TPSA) is 98.8 Å². The average Bonchev–Trinajstić information content (AvgIpc) is 2.76. The second kappa shape index (κ2) is 10.5. The van der Waals surface area contributed by atoms with Gasteiger partial charge in [-0.05, 0) is 50.3 Å². The Bertz CT molecular complexity index is 959. The van der Waals surface area contributed by atoms with E-state index in [0.29, 0.717) is 12.8 Å². The fourth-order valence-electron chi connectivity index (χ4n) is 3.86. The van der Waals surface area contributed by atoms with Gasteiger partial charge < -0.3 is 9.47 Å². The summed E-state index contributed by atoms with van der Waals surface area (Å²) in [7, 11) is -4.06. The van der Waals surface area contributed by atoms with Gasteiger partial charge in [-0.3, -0.25) is 9.52 Å². The first kappa shape index (κ1) is 23.5. The summed E-state index contributed by atoms with van der Waals surface area (Å²) in [6.45, 7) is -0.560. The number of halogens is 2. The van der Waals surface area contributed by atoms with Crippen molar-refractivity contribution in [3.05, 3.63) is 40.7 Å². The number of sulfonamides is 1. The summed E-state index contributed by atoms with van der Waals surface area (Å²) >= 11 is 5.91. The number of nitrogens with one attached hydrogen (secondary N) is 1. The molecule has 0 aromatic heterocycles. The van der Waals surface area contributed by atoms with Crippen molar-refractivity contribution in [2.45, 2.75) is 56.6 Å². The van der Waals surface area contributed by atoms with E-state index in [9.17, 15) is 22.4 Å². The first-order valence-corrected chi connectivity index (χ1v) is 12.2. The lowest BCUT2D eigenvalue weighted by Gasteiger charge is -2.24. The SMILES string of the molecule is O=C(OCOC(=O)C1CCCCC1)C1=CCCCC1S(=O)(=O)Nc1ccc(F)cc1Cl. The lowest BCUT2D eigenvalue weighted by molar-refractivity contribution is -0.168. The number of ether oxygens (including phenoxy) is 2. The number of carbonyl (C=O) groups excluding carboxylic acids is 2.